The van der Waals surface area contributed by atoms with Gasteiger partial charge >= 0.3 is 5.69 Å². The summed E-state index contributed by atoms with van der Waals surface area (Å²) in [5, 5.41) is 14.4. The maximum absolute atomic E-state index is 13.7. The minimum atomic E-state index is -1.12. The second kappa shape index (κ2) is 4.97. The zero-order valence-corrected chi connectivity index (χ0v) is 10.8. The molecule has 0 aliphatic carbocycles. The number of benzene rings is 1. The third-order valence-corrected chi connectivity index (χ3v) is 4.13. The van der Waals surface area contributed by atoms with E-state index in [2.05, 4.69) is 5.32 Å². The Morgan fingerprint density at radius 3 is 2.85 bits per heavy atom. The van der Waals surface area contributed by atoms with Gasteiger partial charge in [0.2, 0.25) is 5.82 Å². The summed E-state index contributed by atoms with van der Waals surface area (Å²) in [6, 6.07) is 1.86. The summed E-state index contributed by atoms with van der Waals surface area (Å²) in [6.07, 6.45) is 2.11. The van der Waals surface area contributed by atoms with E-state index in [0.29, 0.717) is 25.1 Å². The van der Waals surface area contributed by atoms with Crippen molar-refractivity contribution in [2.75, 3.05) is 24.5 Å². The van der Waals surface area contributed by atoms with Crippen LogP contribution in [0.5, 0.6) is 0 Å². The first-order valence-corrected chi connectivity index (χ1v) is 6.68. The molecule has 1 aromatic carbocycles. The van der Waals surface area contributed by atoms with Crippen molar-refractivity contribution in [3.8, 4) is 0 Å². The molecule has 7 heteroatoms. The van der Waals surface area contributed by atoms with Gasteiger partial charge in [0.25, 0.3) is 0 Å². The van der Waals surface area contributed by atoms with Gasteiger partial charge in [0.05, 0.1) is 4.92 Å². The van der Waals surface area contributed by atoms with Gasteiger partial charge in [-0.2, -0.15) is 4.39 Å². The highest BCUT2D eigenvalue weighted by Gasteiger charge is 2.37. The van der Waals surface area contributed by atoms with Crippen molar-refractivity contribution in [1.29, 1.82) is 0 Å². The average Bonchev–Trinajstić information content (AvgIpc) is 2.80. The van der Waals surface area contributed by atoms with E-state index in [1.54, 1.807) is 4.90 Å². The van der Waals surface area contributed by atoms with Crippen LogP contribution >= 0.6 is 0 Å². The van der Waals surface area contributed by atoms with Crippen LogP contribution in [0.25, 0.3) is 0 Å². The van der Waals surface area contributed by atoms with Crippen LogP contribution in [-0.4, -0.2) is 30.6 Å². The van der Waals surface area contributed by atoms with Crippen LogP contribution in [0.1, 0.15) is 12.8 Å². The highest BCUT2D eigenvalue weighted by molar-refractivity contribution is 5.65. The van der Waals surface area contributed by atoms with Gasteiger partial charge in [-0.25, -0.2) is 4.39 Å². The number of piperidine rings is 1. The lowest BCUT2D eigenvalue weighted by Crippen LogP contribution is -2.40. The Balaban J connectivity index is 1.96. The first kappa shape index (κ1) is 13.2. The Morgan fingerprint density at radius 2 is 2.15 bits per heavy atom. The van der Waals surface area contributed by atoms with Crippen molar-refractivity contribution in [2.24, 2.45) is 5.92 Å². The number of hydrogen-bond donors (Lipinski definition) is 1. The Hall–Kier alpha value is -1.76. The molecule has 5 nitrogen and oxygen atoms in total. The van der Waals surface area contributed by atoms with Crippen LogP contribution in [-0.2, 0) is 0 Å². The molecular weight excluding hydrogens is 268 g/mol. The molecule has 0 amide bonds. The predicted molar refractivity (Wildman–Crippen MR) is 69.7 cm³/mol. The molecule has 1 N–H and O–H groups in total. The standard InChI is InChI=1S/C13H15F2N3O2/c14-9-4-10(15)13(18(19)20)12(5-9)17-6-8-2-1-3-16-11(8)7-17/h4-5,8,11,16H,1-3,6-7H2. The summed E-state index contributed by atoms with van der Waals surface area (Å²) in [5.41, 5.74) is -0.589. The maximum Gasteiger partial charge on any atom is 0.328 e. The summed E-state index contributed by atoms with van der Waals surface area (Å²) in [7, 11) is 0. The zero-order valence-electron chi connectivity index (χ0n) is 10.8. The predicted octanol–water partition coefficient (Wildman–Crippen LogP) is 2.06. The van der Waals surface area contributed by atoms with Gasteiger partial charge < -0.3 is 10.2 Å². The van der Waals surface area contributed by atoms with E-state index in [0.717, 1.165) is 25.5 Å². The van der Waals surface area contributed by atoms with E-state index < -0.39 is 22.2 Å². The minimum absolute atomic E-state index is 0.0451. The molecule has 2 saturated heterocycles. The van der Waals surface area contributed by atoms with Gasteiger partial charge in [-0.1, -0.05) is 0 Å². The molecule has 2 atom stereocenters. The van der Waals surface area contributed by atoms with Crippen LogP contribution in [0.2, 0.25) is 0 Å². The van der Waals surface area contributed by atoms with Gasteiger partial charge in [-0.05, 0) is 25.3 Å². The van der Waals surface area contributed by atoms with Crippen molar-refractivity contribution in [3.05, 3.63) is 33.9 Å². The van der Waals surface area contributed by atoms with Crippen LogP contribution in [0.3, 0.4) is 0 Å². The maximum atomic E-state index is 13.7. The van der Waals surface area contributed by atoms with Crippen molar-refractivity contribution < 1.29 is 13.7 Å². The van der Waals surface area contributed by atoms with E-state index in [1.165, 1.54) is 0 Å². The number of nitrogens with zero attached hydrogens (tertiary/aromatic N) is 2. The molecule has 2 fully saturated rings. The number of anilines is 1. The first-order valence-electron chi connectivity index (χ1n) is 6.68. The number of halogens is 2. The average molecular weight is 283 g/mol. The Kier molecular flexibility index (Phi) is 3.29. The van der Waals surface area contributed by atoms with E-state index >= 15 is 0 Å². The fourth-order valence-corrected chi connectivity index (χ4v) is 3.22. The molecule has 2 aliphatic rings. The van der Waals surface area contributed by atoms with Gasteiger partial charge in [0, 0.05) is 31.3 Å². The highest BCUT2D eigenvalue weighted by Crippen LogP contribution is 2.36. The molecule has 0 aromatic heterocycles. The molecule has 20 heavy (non-hydrogen) atoms. The number of rotatable bonds is 2. The van der Waals surface area contributed by atoms with Crippen LogP contribution < -0.4 is 10.2 Å². The van der Waals surface area contributed by atoms with E-state index in [4.69, 9.17) is 0 Å². The van der Waals surface area contributed by atoms with Crippen molar-refractivity contribution >= 4 is 11.4 Å². The minimum Gasteiger partial charge on any atom is -0.364 e. The number of fused-ring (bicyclic) bond motifs is 1. The van der Waals surface area contributed by atoms with Crippen molar-refractivity contribution in [3.63, 3.8) is 0 Å². The van der Waals surface area contributed by atoms with Gasteiger partial charge in [0.15, 0.2) is 0 Å². The molecule has 0 spiro atoms. The molecule has 3 rings (SSSR count). The molecule has 0 bridgehead atoms. The SMILES string of the molecule is O=[N+]([O-])c1c(F)cc(F)cc1N1CC2CCCNC2C1. The molecule has 108 valence electrons. The number of nitro benzene ring substituents is 1. The Bertz CT molecular complexity index is 539. The van der Waals surface area contributed by atoms with E-state index in [-0.39, 0.29) is 11.7 Å². The third kappa shape index (κ3) is 2.22. The Morgan fingerprint density at radius 1 is 1.35 bits per heavy atom. The molecule has 1 aromatic rings. The summed E-state index contributed by atoms with van der Waals surface area (Å²) in [4.78, 5) is 12.0. The van der Waals surface area contributed by atoms with E-state index in [1.807, 2.05) is 0 Å². The molecule has 0 saturated carbocycles. The summed E-state index contributed by atoms with van der Waals surface area (Å²) >= 11 is 0. The molecule has 2 aliphatic heterocycles. The molecule has 0 radical (unpaired) electrons. The van der Waals surface area contributed by atoms with Gasteiger partial charge in [-0.15, -0.1) is 0 Å². The topological polar surface area (TPSA) is 58.4 Å². The summed E-state index contributed by atoms with van der Waals surface area (Å²) in [5.74, 6) is -1.52. The molecule has 2 heterocycles. The third-order valence-electron chi connectivity index (χ3n) is 4.13. The fourth-order valence-electron chi connectivity index (χ4n) is 3.22. The highest BCUT2D eigenvalue weighted by atomic mass is 19.1. The first-order chi connectivity index (χ1) is 9.56. The zero-order chi connectivity index (χ0) is 14.3. The normalized spacial score (nSPS) is 25.6. The second-order valence-electron chi connectivity index (χ2n) is 5.38. The Labute approximate surface area is 114 Å². The lowest BCUT2D eigenvalue weighted by Gasteiger charge is -2.24. The van der Waals surface area contributed by atoms with Crippen LogP contribution in [0, 0.1) is 27.7 Å². The van der Waals surface area contributed by atoms with Gasteiger partial charge in [-0.3, -0.25) is 10.1 Å². The lowest BCUT2D eigenvalue weighted by atomic mass is 9.94. The smallest absolute Gasteiger partial charge is 0.328 e. The van der Waals surface area contributed by atoms with E-state index in [9.17, 15) is 18.9 Å². The number of nitrogens with one attached hydrogen (secondary N) is 1. The van der Waals surface area contributed by atoms with Crippen LogP contribution in [0.4, 0.5) is 20.2 Å². The molecular formula is C13H15F2N3O2. The van der Waals surface area contributed by atoms with Crippen molar-refractivity contribution in [1.82, 2.24) is 5.32 Å². The largest absolute Gasteiger partial charge is 0.364 e. The number of hydrogen-bond acceptors (Lipinski definition) is 4. The summed E-state index contributed by atoms with van der Waals surface area (Å²) in [6.45, 7) is 2.07. The summed E-state index contributed by atoms with van der Waals surface area (Å²) < 4.78 is 27.1. The molecule has 2 unspecified atom stereocenters. The van der Waals surface area contributed by atoms with Gasteiger partial charge in [0.1, 0.15) is 11.5 Å². The lowest BCUT2D eigenvalue weighted by molar-refractivity contribution is -0.386. The number of nitro groups is 1. The monoisotopic (exact) mass is 283 g/mol. The van der Waals surface area contributed by atoms with Crippen LogP contribution in [0.15, 0.2) is 12.1 Å². The fraction of sp³-hybridized carbons (Fsp3) is 0.538. The quantitative estimate of drug-likeness (QED) is 0.666. The second-order valence-corrected chi connectivity index (χ2v) is 5.38. The van der Waals surface area contributed by atoms with Crippen molar-refractivity contribution in [2.45, 2.75) is 18.9 Å².